The minimum atomic E-state index is -0.411. The van der Waals surface area contributed by atoms with Crippen LogP contribution in [0, 0.1) is 0 Å². The third-order valence-electron chi connectivity index (χ3n) is 3.82. The number of carbonyl (C=O) groups excluding carboxylic acids is 1. The van der Waals surface area contributed by atoms with Crippen LogP contribution in [0.3, 0.4) is 0 Å². The maximum absolute atomic E-state index is 12.3. The lowest BCUT2D eigenvalue weighted by atomic mass is 10.2. The minimum Gasteiger partial charge on any atom is -0.463 e. The maximum atomic E-state index is 12.3. The van der Waals surface area contributed by atoms with Gasteiger partial charge in [-0.05, 0) is 24.3 Å². The van der Waals surface area contributed by atoms with Crippen LogP contribution in [0.4, 0.5) is 5.13 Å². The van der Waals surface area contributed by atoms with Crippen molar-refractivity contribution in [2.45, 2.75) is 13.0 Å². The summed E-state index contributed by atoms with van der Waals surface area (Å²) in [6, 6.07) is 9.37. The molecule has 0 unspecified atom stereocenters. The Hall–Kier alpha value is -3.66. The van der Waals surface area contributed by atoms with Crippen molar-refractivity contribution in [3.63, 3.8) is 0 Å². The molecule has 28 heavy (non-hydrogen) atoms. The van der Waals surface area contributed by atoms with Gasteiger partial charge in [-0.15, -0.1) is 0 Å². The van der Waals surface area contributed by atoms with Gasteiger partial charge in [0.2, 0.25) is 5.91 Å². The van der Waals surface area contributed by atoms with Crippen LogP contribution >= 0.6 is 11.3 Å². The Bertz CT molecular complexity index is 1150. The standard InChI is InChI=1S/C18H14N4O5S/c23-13(7-8-22-15(25)6-5-14(24)21-22)19-18-20-16(11-3-1-9-26-11)17(28-18)12-4-2-10-27-12/h1-6,9-10H,7-8H2,(H,21,24)(H,19,20,23). The minimum absolute atomic E-state index is 0.00832. The van der Waals surface area contributed by atoms with Crippen molar-refractivity contribution in [2.75, 3.05) is 5.32 Å². The number of hydrogen-bond donors (Lipinski definition) is 2. The quantitative estimate of drug-likeness (QED) is 0.514. The van der Waals surface area contributed by atoms with Gasteiger partial charge < -0.3 is 14.2 Å². The average molecular weight is 398 g/mol. The highest BCUT2D eigenvalue weighted by Gasteiger charge is 2.19. The van der Waals surface area contributed by atoms with E-state index in [1.165, 1.54) is 17.6 Å². The number of nitrogens with one attached hydrogen (secondary N) is 2. The molecule has 0 aromatic carbocycles. The van der Waals surface area contributed by atoms with Gasteiger partial charge in [-0.3, -0.25) is 19.5 Å². The normalized spacial score (nSPS) is 10.9. The van der Waals surface area contributed by atoms with Gasteiger partial charge in [-0.25, -0.2) is 9.67 Å². The van der Waals surface area contributed by atoms with Crippen molar-refractivity contribution in [1.82, 2.24) is 14.8 Å². The number of aryl methyl sites for hydroxylation is 1. The van der Waals surface area contributed by atoms with Gasteiger partial charge in [0.25, 0.3) is 11.1 Å². The fourth-order valence-corrected chi connectivity index (χ4v) is 3.51. The number of H-pyrrole nitrogens is 1. The van der Waals surface area contributed by atoms with Crippen molar-refractivity contribution >= 4 is 22.4 Å². The van der Waals surface area contributed by atoms with Crippen LogP contribution in [0.15, 0.2) is 67.3 Å². The smallest absolute Gasteiger partial charge is 0.265 e. The molecule has 9 nitrogen and oxygen atoms in total. The zero-order valence-electron chi connectivity index (χ0n) is 14.4. The molecule has 4 aromatic rings. The molecule has 0 atom stereocenters. The molecular weight excluding hydrogens is 384 g/mol. The summed E-state index contributed by atoms with van der Waals surface area (Å²) in [4.78, 5) is 40.4. The number of rotatable bonds is 6. The molecule has 0 aliphatic heterocycles. The third-order valence-corrected chi connectivity index (χ3v) is 4.81. The molecule has 4 aromatic heterocycles. The Kier molecular flexibility index (Phi) is 4.77. The van der Waals surface area contributed by atoms with Crippen molar-refractivity contribution < 1.29 is 13.6 Å². The SMILES string of the molecule is O=C(CCn1[nH]c(=O)ccc1=O)Nc1nc(-c2ccco2)c(-c2ccco2)s1. The molecule has 142 valence electrons. The van der Waals surface area contributed by atoms with E-state index in [2.05, 4.69) is 15.4 Å². The first kappa shape index (κ1) is 17.7. The molecule has 0 saturated heterocycles. The summed E-state index contributed by atoms with van der Waals surface area (Å²) in [6.07, 6.45) is 3.08. The summed E-state index contributed by atoms with van der Waals surface area (Å²) in [5.74, 6) is 0.816. The highest BCUT2D eigenvalue weighted by molar-refractivity contribution is 7.19. The maximum Gasteiger partial charge on any atom is 0.265 e. The molecule has 4 heterocycles. The lowest BCUT2D eigenvalue weighted by Gasteiger charge is -2.04. The monoisotopic (exact) mass is 398 g/mol. The third kappa shape index (κ3) is 3.71. The molecular formula is C18H14N4O5S. The Labute approximate surface area is 161 Å². The van der Waals surface area contributed by atoms with E-state index < -0.39 is 5.56 Å². The highest BCUT2D eigenvalue weighted by Crippen LogP contribution is 2.39. The van der Waals surface area contributed by atoms with E-state index in [0.29, 0.717) is 22.3 Å². The topological polar surface area (TPSA) is 123 Å². The number of amides is 1. The second-order valence-electron chi connectivity index (χ2n) is 5.75. The van der Waals surface area contributed by atoms with Crippen molar-refractivity contribution in [3.05, 3.63) is 69.6 Å². The lowest BCUT2D eigenvalue weighted by molar-refractivity contribution is -0.116. The summed E-state index contributed by atoms with van der Waals surface area (Å²) in [7, 11) is 0. The number of anilines is 1. The number of hydrogen-bond acceptors (Lipinski definition) is 7. The zero-order valence-corrected chi connectivity index (χ0v) is 15.2. The first-order chi connectivity index (χ1) is 13.6. The predicted molar refractivity (Wildman–Crippen MR) is 102 cm³/mol. The Morgan fingerprint density at radius 1 is 1.11 bits per heavy atom. The van der Waals surface area contributed by atoms with Crippen LogP contribution in [0.25, 0.3) is 22.1 Å². The fourth-order valence-electron chi connectivity index (χ4n) is 2.55. The van der Waals surface area contributed by atoms with Crippen LogP contribution in [0.1, 0.15) is 6.42 Å². The average Bonchev–Trinajstić information content (AvgIpc) is 3.43. The first-order valence-electron chi connectivity index (χ1n) is 8.29. The predicted octanol–water partition coefficient (Wildman–Crippen LogP) is 2.54. The number of carbonyl (C=O) groups is 1. The van der Waals surface area contributed by atoms with E-state index in [9.17, 15) is 14.4 Å². The van der Waals surface area contributed by atoms with Gasteiger partial charge in [-0.2, -0.15) is 0 Å². The number of aromatic nitrogens is 3. The van der Waals surface area contributed by atoms with E-state index in [1.54, 1.807) is 30.5 Å². The molecule has 10 heteroatoms. The number of furan rings is 2. The van der Waals surface area contributed by atoms with E-state index in [1.807, 2.05) is 0 Å². The van der Waals surface area contributed by atoms with Gasteiger partial charge in [0.1, 0.15) is 16.3 Å². The summed E-state index contributed by atoms with van der Waals surface area (Å²) in [5, 5.41) is 5.46. The molecule has 0 saturated carbocycles. The summed E-state index contributed by atoms with van der Waals surface area (Å²) in [5.41, 5.74) is -0.239. The van der Waals surface area contributed by atoms with E-state index >= 15 is 0 Å². The lowest BCUT2D eigenvalue weighted by Crippen LogP contribution is -2.29. The van der Waals surface area contributed by atoms with Crippen LogP contribution in [0.2, 0.25) is 0 Å². The van der Waals surface area contributed by atoms with Gasteiger partial charge in [0, 0.05) is 18.6 Å². The first-order valence-corrected chi connectivity index (χ1v) is 9.10. The molecule has 0 radical (unpaired) electrons. The second-order valence-corrected chi connectivity index (χ2v) is 6.75. The molecule has 2 N–H and O–H groups in total. The van der Waals surface area contributed by atoms with Gasteiger partial charge >= 0.3 is 0 Å². The van der Waals surface area contributed by atoms with Gasteiger partial charge in [0.15, 0.2) is 10.9 Å². The highest BCUT2D eigenvalue weighted by atomic mass is 32.1. The van der Waals surface area contributed by atoms with Gasteiger partial charge in [-0.1, -0.05) is 11.3 Å². The summed E-state index contributed by atoms with van der Waals surface area (Å²) >= 11 is 1.25. The van der Waals surface area contributed by atoms with E-state index in [4.69, 9.17) is 8.83 Å². The Morgan fingerprint density at radius 2 is 1.86 bits per heavy atom. The second kappa shape index (κ2) is 7.53. The van der Waals surface area contributed by atoms with Crippen molar-refractivity contribution in [2.24, 2.45) is 0 Å². The summed E-state index contributed by atoms with van der Waals surface area (Å²) < 4.78 is 12.0. The molecule has 0 bridgehead atoms. The fraction of sp³-hybridized carbons (Fsp3) is 0.111. The molecule has 0 aliphatic carbocycles. The molecule has 1 amide bonds. The van der Waals surface area contributed by atoms with Crippen LogP contribution < -0.4 is 16.4 Å². The number of thiazole rings is 1. The molecule has 0 spiro atoms. The number of nitrogens with zero attached hydrogens (tertiary/aromatic N) is 2. The van der Waals surface area contributed by atoms with Crippen molar-refractivity contribution in [1.29, 1.82) is 0 Å². The van der Waals surface area contributed by atoms with E-state index in [-0.39, 0.29) is 24.4 Å². The van der Waals surface area contributed by atoms with E-state index in [0.717, 1.165) is 21.7 Å². The van der Waals surface area contributed by atoms with Crippen LogP contribution in [-0.4, -0.2) is 20.7 Å². The largest absolute Gasteiger partial charge is 0.463 e. The summed E-state index contributed by atoms with van der Waals surface area (Å²) in [6.45, 7) is 0.0439. The molecule has 0 fully saturated rings. The Balaban J connectivity index is 1.52. The van der Waals surface area contributed by atoms with Crippen LogP contribution in [0.5, 0.6) is 0 Å². The molecule has 0 aliphatic rings. The number of aromatic amines is 1. The zero-order chi connectivity index (χ0) is 19.5. The van der Waals surface area contributed by atoms with Crippen molar-refractivity contribution in [3.8, 4) is 22.1 Å². The van der Waals surface area contributed by atoms with Crippen LogP contribution in [-0.2, 0) is 11.3 Å². The molecule has 4 rings (SSSR count). The van der Waals surface area contributed by atoms with Gasteiger partial charge in [0.05, 0.1) is 19.1 Å². The Morgan fingerprint density at radius 3 is 2.57 bits per heavy atom.